The zero-order valence-electron chi connectivity index (χ0n) is 15.3. The molecule has 0 saturated carbocycles. The van der Waals surface area contributed by atoms with E-state index in [-0.39, 0.29) is 5.91 Å². The summed E-state index contributed by atoms with van der Waals surface area (Å²) in [6.45, 7) is 3.84. The van der Waals surface area contributed by atoms with Gasteiger partial charge in [0.1, 0.15) is 5.76 Å². The number of hydrogen-bond acceptors (Lipinski definition) is 4. The number of amides is 1. The van der Waals surface area contributed by atoms with Crippen LogP contribution in [-0.2, 0) is 13.1 Å². The topological polar surface area (TPSA) is 63.3 Å². The Morgan fingerprint density at radius 3 is 2.59 bits per heavy atom. The number of likely N-dealkylation sites (tertiary alicyclic amines) is 1. The number of rotatable bonds is 6. The number of carbonyl (C=O) groups is 1. The molecule has 1 aliphatic rings. The average molecular weight is 364 g/mol. The fourth-order valence-electron chi connectivity index (χ4n) is 3.40. The van der Waals surface area contributed by atoms with E-state index in [2.05, 4.69) is 27.4 Å². The monoisotopic (exact) mass is 364 g/mol. The van der Waals surface area contributed by atoms with E-state index < -0.39 is 0 Å². The van der Waals surface area contributed by atoms with Crippen molar-refractivity contribution >= 4 is 11.6 Å². The van der Waals surface area contributed by atoms with Crippen LogP contribution in [0.1, 0.15) is 41.1 Å². The van der Waals surface area contributed by atoms with E-state index in [4.69, 9.17) is 4.42 Å². The maximum Gasteiger partial charge on any atom is 0.291 e. The Hall–Kier alpha value is -2.86. The Labute approximate surface area is 158 Å². The lowest BCUT2D eigenvalue weighted by Gasteiger charge is -2.26. The third-order valence-corrected chi connectivity index (χ3v) is 4.83. The van der Waals surface area contributed by atoms with Gasteiger partial charge in [-0.25, -0.2) is 0 Å². The fraction of sp³-hybridized carbons (Fsp3) is 0.333. The third-order valence-electron chi connectivity index (χ3n) is 4.83. The fourth-order valence-corrected chi connectivity index (χ4v) is 3.40. The van der Waals surface area contributed by atoms with Gasteiger partial charge >= 0.3 is 0 Å². The van der Waals surface area contributed by atoms with Crippen molar-refractivity contribution in [2.75, 3.05) is 18.4 Å². The molecule has 6 nitrogen and oxygen atoms in total. The summed E-state index contributed by atoms with van der Waals surface area (Å²) in [5.74, 6) is 0.751. The van der Waals surface area contributed by atoms with Crippen LogP contribution in [-0.4, -0.2) is 33.7 Å². The molecule has 0 aliphatic carbocycles. The van der Waals surface area contributed by atoms with E-state index >= 15 is 0 Å². The van der Waals surface area contributed by atoms with Gasteiger partial charge in [0, 0.05) is 24.6 Å². The van der Waals surface area contributed by atoms with Crippen molar-refractivity contribution in [3.8, 4) is 0 Å². The van der Waals surface area contributed by atoms with Gasteiger partial charge in [0.15, 0.2) is 5.76 Å². The van der Waals surface area contributed by atoms with E-state index in [1.807, 2.05) is 24.4 Å². The second-order valence-electron chi connectivity index (χ2n) is 6.96. The number of hydrogen-bond donors (Lipinski definition) is 1. The van der Waals surface area contributed by atoms with Crippen LogP contribution in [0, 0.1) is 0 Å². The summed E-state index contributed by atoms with van der Waals surface area (Å²) in [5, 5.41) is 7.03. The first-order valence-corrected chi connectivity index (χ1v) is 9.45. The predicted octanol–water partition coefficient (Wildman–Crippen LogP) is 3.76. The molecule has 27 heavy (non-hydrogen) atoms. The molecular weight excluding hydrogens is 340 g/mol. The molecule has 1 aromatic carbocycles. The first-order valence-electron chi connectivity index (χ1n) is 9.45. The highest BCUT2D eigenvalue weighted by molar-refractivity contribution is 6.02. The van der Waals surface area contributed by atoms with Gasteiger partial charge in [0.25, 0.3) is 5.91 Å². The summed E-state index contributed by atoms with van der Waals surface area (Å²) in [6, 6.07) is 13.4. The minimum absolute atomic E-state index is 0.245. The van der Waals surface area contributed by atoms with Crippen molar-refractivity contribution in [2.45, 2.75) is 32.4 Å². The number of aromatic nitrogens is 2. The standard InChI is InChI=1S/C21H24N4O2/c26-21(20-10-9-19(27-20)16-25-14-4-11-22-25)23-18-7-5-17(6-8-18)15-24-12-2-1-3-13-24/h4-11,14H,1-3,12-13,15-16H2,(H,23,26). The highest BCUT2D eigenvalue weighted by Crippen LogP contribution is 2.17. The minimum Gasteiger partial charge on any atom is -0.454 e. The number of benzene rings is 1. The van der Waals surface area contributed by atoms with Crippen LogP contribution in [0.2, 0.25) is 0 Å². The first-order chi connectivity index (χ1) is 13.3. The van der Waals surface area contributed by atoms with E-state index in [1.54, 1.807) is 23.0 Å². The zero-order chi connectivity index (χ0) is 18.5. The smallest absolute Gasteiger partial charge is 0.291 e. The third kappa shape index (κ3) is 4.65. The second-order valence-corrected chi connectivity index (χ2v) is 6.96. The molecule has 1 fully saturated rings. The van der Waals surface area contributed by atoms with Crippen molar-refractivity contribution in [2.24, 2.45) is 0 Å². The van der Waals surface area contributed by atoms with Crippen LogP contribution in [0.4, 0.5) is 5.69 Å². The molecule has 6 heteroatoms. The first kappa shape index (κ1) is 17.5. The van der Waals surface area contributed by atoms with Crippen LogP contribution >= 0.6 is 0 Å². The molecule has 0 atom stereocenters. The molecule has 0 bridgehead atoms. The SMILES string of the molecule is O=C(Nc1ccc(CN2CCCCC2)cc1)c1ccc(Cn2cccn2)o1. The molecule has 3 heterocycles. The Morgan fingerprint density at radius 2 is 1.85 bits per heavy atom. The largest absolute Gasteiger partial charge is 0.454 e. The molecule has 1 aliphatic heterocycles. The molecule has 1 N–H and O–H groups in total. The summed E-state index contributed by atoms with van der Waals surface area (Å²) in [7, 11) is 0. The maximum absolute atomic E-state index is 12.4. The lowest BCUT2D eigenvalue weighted by atomic mass is 10.1. The van der Waals surface area contributed by atoms with Crippen LogP contribution in [0.3, 0.4) is 0 Å². The average Bonchev–Trinajstić information content (AvgIpc) is 3.37. The van der Waals surface area contributed by atoms with Crippen molar-refractivity contribution in [3.63, 3.8) is 0 Å². The van der Waals surface area contributed by atoms with E-state index in [0.29, 0.717) is 18.1 Å². The lowest BCUT2D eigenvalue weighted by Crippen LogP contribution is -2.29. The Kier molecular flexibility index (Phi) is 5.34. The summed E-state index contributed by atoms with van der Waals surface area (Å²) < 4.78 is 7.39. The highest BCUT2D eigenvalue weighted by atomic mass is 16.4. The van der Waals surface area contributed by atoms with Crippen LogP contribution in [0.25, 0.3) is 0 Å². The van der Waals surface area contributed by atoms with Gasteiger partial charge in [-0.1, -0.05) is 18.6 Å². The number of piperidine rings is 1. The molecule has 0 radical (unpaired) electrons. The molecule has 140 valence electrons. The number of furan rings is 1. The molecule has 0 unspecified atom stereocenters. The number of nitrogens with one attached hydrogen (secondary N) is 1. The minimum atomic E-state index is -0.245. The Morgan fingerprint density at radius 1 is 1.04 bits per heavy atom. The summed E-state index contributed by atoms with van der Waals surface area (Å²) in [4.78, 5) is 14.9. The van der Waals surface area contributed by atoms with Crippen molar-refractivity contribution < 1.29 is 9.21 Å². The lowest BCUT2D eigenvalue weighted by molar-refractivity contribution is 0.0994. The maximum atomic E-state index is 12.4. The molecule has 1 saturated heterocycles. The van der Waals surface area contributed by atoms with Crippen molar-refractivity contribution in [1.82, 2.24) is 14.7 Å². The van der Waals surface area contributed by atoms with E-state index in [9.17, 15) is 4.79 Å². The van der Waals surface area contributed by atoms with Gasteiger partial charge in [0.2, 0.25) is 0 Å². The number of nitrogens with zero attached hydrogens (tertiary/aromatic N) is 3. The number of carbonyl (C=O) groups excluding carboxylic acids is 1. The van der Waals surface area contributed by atoms with Crippen molar-refractivity contribution in [3.05, 3.63) is 71.9 Å². The summed E-state index contributed by atoms with van der Waals surface area (Å²) in [5.41, 5.74) is 2.04. The molecular formula is C21H24N4O2. The van der Waals surface area contributed by atoms with Crippen molar-refractivity contribution in [1.29, 1.82) is 0 Å². The van der Waals surface area contributed by atoms with Gasteiger partial charge < -0.3 is 9.73 Å². The van der Waals surface area contributed by atoms with Gasteiger partial charge in [-0.3, -0.25) is 14.4 Å². The normalized spacial score (nSPS) is 15.0. The zero-order valence-corrected chi connectivity index (χ0v) is 15.3. The molecule has 4 rings (SSSR count). The molecule has 2 aromatic heterocycles. The van der Waals surface area contributed by atoms with Crippen LogP contribution < -0.4 is 5.32 Å². The quantitative estimate of drug-likeness (QED) is 0.723. The predicted molar refractivity (Wildman–Crippen MR) is 104 cm³/mol. The summed E-state index contributed by atoms with van der Waals surface area (Å²) >= 11 is 0. The van der Waals surface area contributed by atoms with Gasteiger partial charge in [-0.2, -0.15) is 5.10 Å². The van der Waals surface area contributed by atoms with Gasteiger partial charge in [-0.05, 0) is 61.8 Å². The second kappa shape index (κ2) is 8.22. The summed E-state index contributed by atoms with van der Waals surface area (Å²) in [6.07, 6.45) is 7.50. The van der Waals surface area contributed by atoms with Crippen LogP contribution in [0.5, 0.6) is 0 Å². The number of anilines is 1. The van der Waals surface area contributed by atoms with Gasteiger partial charge in [0.05, 0.1) is 6.54 Å². The molecule has 3 aromatic rings. The van der Waals surface area contributed by atoms with Gasteiger partial charge in [-0.15, -0.1) is 0 Å². The van der Waals surface area contributed by atoms with E-state index in [0.717, 1.165) is 12.2 Å². The van der Waals surface area contributed by atoms with Crippen LogP contribution in [0.15, 0.2) is 59.3 Å². The molecule has 1 amide bonds. The van der Waals surface area contributed by atoms with E-state index in [1.165, 1.54) is 37.9 Å². The Bertz CT molecular complexity index is 862. The Balaban J connectivity index is 1.33. The highest BCUT2D eigenvalue weighted by Gasteiger charge is 2.13. The molecule has 0 spiro atoms.